The minimum Gasteiger partial charge on any atom is -0.278 e. The van der Waals surface area contributed by atoms with Crippen LogP contribution < -0.4 is 4.90 Å². The molecule has 1 aliphatic heterocycles. The average molecular weight is 651 g/mol. The van der Waals surface area contributed by atoms with Gasteiger partial charge in [-0.3, -0.25) is 4.90 Å². The maximum atomic E-state index is 5.38. The van der Waals surface area contributed by atoms with Gasteiger partial charge in [-0.25, -0.2) is 15.0 Å². The van der Waals surface area contributed by atoms with Gasteiger partial charge in [0, 0.05) is 27.5 Å². The van der Waals surface area contributed by atoms with Crippen molar-refractivity contribution in [1.82, 2.24) is 15.0 Å². The van der Waals surface area contributed by atoms with Crippen molar-refractivity contribution in [2.24, 2.45) is 0 Å². The monoisotopic (exact) mass is 650 g/mol. The summed E-state index contributed by atoms with van der Waals surface area (Å²) in [5.41, 5.74) is 13.4. The van der Waals surface area contributed by atoms with Gasteiger partial charge in [-0.15, -0.1) is 0 Å². The van der Waals surface area contributed by atoms with Crippen LogP contribution in [0.4, 0.5) is 17.3 Å². The van der Waals surface area contributed by atoms with Crippen LogP contribution in [0.3, 0.4) is 0 Å². The zero-order chi connectivity index (χ0) is 33.7. The number of fused-ring (bicyclic) bond motifs is 4. The number of rotatable bonds is 5. The summed E-state index contributed by atoms with van der Waals surface area (Å²) in [5.74, 6) is 0.608. The third kappa shape index (κ3) is 4.96. The topological polar surface area (TPSA) is 41.9 Å². The quantitative estimate of drug-likeness (QED) is 0.174. The number of aromatic nitrogens is 3. The van der Waals surface area contributed by atoms with E-state index >= 15 is 0 Å². The van der Waals surface area contributed by atoms with E-state index in [-0.39, 0.29) is 0 Å². The number of benzene rings is 7. The van der Waals surface area contributed by atoms with Crippen LogP contribution in [0, 0.1) is 0 Å². The number of para-hydroxylation sites is 2. The van der Waals surface area contributed by atoms with Gasteiger partial charge in [0.2, 0.25) is 5.95 Å². The second-order valence-corrected chi connectivity index (χ2v) is 12.9. The SMILES string of the molecule is c1ccc(-c2cccc(-c3cc(-c4cccc(-c5ccccc5)c4)nc(N4c5ccccc5-c5nc6ccccc6c6cccc4c56)n3)c2)cc1. The number of hydrogen-bond acceptors (Lipinski definition) is 4. The van der Waals surface area contributed by atoms with Gasteiger partial charge in [-0.05, 0) is 64.0 Å². The van der Waals surface area contributed by atoms with Crippen LogP contribution >= 0.6 is 0 Å². The van der Waals surface area contributed by atoms with Gasteiger partial charge in [0.1, 0.15) is 0 Å². The highest BCUT2D eigenvalue weighted by atomic mass is 15.3. The molecule has 0 saturated carbocycles. The normalized spacial score (nSPS) is 11.9. The van der Waals surface area contributed by atoms with Crippen molar-refractivity contribution in [1.29, 1.82) is 0 Å². The van der Waals surface area contributed by atoms with E-state index in [2.05, 4.69) is 175 Å². The van der Waals surface area contributed by atoms with Gasteiger partial charge in [-0.2, -0.15) is 0 Å². The Morgan fingerprint density at radius 3 is 1.55 bits per heavy atom. The Balaban J connectivity index is 1.23. The standard InChI is InChI=1S/C47H30N4/c1-3-14-31(15-4-1)33-18-11-20-35(28-33)41-30-42(36-21-12-19-34(29-36)32-16-5-2-6-17-32)50-47(49-41)51-43-26-10-8-23-39(43)46-45-38(24-13-27-44(45)51)37-22-7-9-25-40(37)48-46/h1-30H. The van der Waals surface area contributed by atoms with Crippen molar-refractivity contribution in [3.05, 3.63) is 182 Å². The molecule has 0 atom stereocenters. The average Bonchev–Trinajstić information content (AvgIpc) is 3.21. The fraction of sp³-hybridized carbons (Fsp3) is 0. The summed E-state index contributed by atoms with van der Waals surface area (Å²) in [4.78, 5) is 18.2. The molecule has 0 N–H and O–H groups in total. The number of nitrogens with zero attached hydrogens (tertiary/aromatic N) is 4. The highest BCUT2D eigenvalue weighted by Gasteiger charge is 2.30. The summed E-state index contributed by atoms with van der Waals surface area (Å²) in [6, 6.07) is 63.7. The molecule has 9 aromatic rings. The molecule has 0 amide bonds. The van der Waals surface area contributed by atoms with Crippen LogP contribution in [0.15, 0.2) is 182 Å². The van der Waals surface area contributed by atoms with Crippen molar-refractivity contribution in [3.8, 4) is 56.0 Å². The molecule has 1 aliphatic rings. The molecule has 0 radical (unpaired) electrons. The van der Waals surface area contributed by atoms with Crippen molar-refractivity contribution in [2.75, 3.05) is 4.90 Å². The molecular weight excluding hydrogens is 621 g/mol. The van der Waals surface area contributed by atoms with Gasteiger partial charge >= 0.3 is 0 Å². The highest BCUT2D eigenvalue weighted by Crippen LogP contribution is 2.51. The molecule has 4 heteroatoms. The number of anilines is 3. The molecule has 0 spiro atoms. The maximum Gasteiger partial charge on any atom is 0.235 e. The lowest BCUT2D eigenvalue weighted by Gasteiger charge is -2.32. The Morgan fingerprint density at radius 1 is 0.353 bits per heavy atom. The predicted octanol–water partition coefficient (Wildman–Crippen LogP) is 12.3. The third-order valence-corrected chi connectivity index (χ3v) is 9.79. The third-order valence-electron chi connectivity index (χ3n) is 9.79. The molecule has 51 heavy (non-hydrogen) atoms. The van der Waals surface area contributed by atoms with Crippen LogP contribution in [0.1, 0.15) is 0 Å². The van der Waals surface area contributed by atoms with E-state index in [0.29, 0.717) is 5.95 Å². The first-order chi connectivity index (χ1) is 25.3. The largest absolute Gasteiger partial charge is 0.278 e. The molecule has 0 fully saturated rings. The van der Waals surface area contributed by atoms with E-state index in [4.69, 9.17) is 15.0 Å². The van der Waals surface area contributed by atoms with E-state index in [1.807, 2.05) is 12.1 Å². The van der Waals surface area contributed by atoms with Gasteiger partial charge in [0.15, 0.2) is 0 Å². The van der Waals surface area contributed by atoms with Crippen molar-refractivity contribution in [2.45, 2.75) is 0 Å². The van der Waals surface area contributed by atoms with Crippen LogP contribution in [0.5, 0.6) is 0 Å². The van der Waals surface area contributed by atoms with E-state index < -0.39 is 0 Å². The Morgan fingerprint density at radius 2 is 0.863 bits per heavy atom. The first kappa shape index (κ1) is 29.0. The van der Waals surface area contributed by atoms with E-state index in [9.17, 15) is 0 Å². The van der Waals surface area contributed by atoms with Gasteiger partial charge in [0.25, 0.3) is 0 Å². The highest BCUT2D eigenvalue weighted by molar-refractivity contribution is 6.19. The van der Waals surface area contributed by atoms with Gasteiger partial charge < -0.3 is 0 Å². The molecule has 238 valence electrons. The summed E-state index contributed by atoms with van der Waals surface area (Å²) in [6.45, 7) is 0. The van der Waals surface area contributed by atoms with E-state index in [1.54, 1.807) is 0 Å². The molecule has 2 aromatic heterocycles. The molecule has 0 saturated heterocycles. The molecule has 10 rings (SSSR count). The van der Waals surface area contributed by atoms with Crippen LogP contribution in [-0.4, -0.2) is 15.0 Å². The van der Waals surface area contributed by atoms with Crippen LogP contribution in [0.25, 0.3) is 77.7 Å². The van der Waals surface area contributed by atoms with Crippen LogP contribution in [-0.2, 0) is 0 Å². The molecule has 3 heterocycles. The number of hydrogen-bond donors (Lipinski definition) is 0. The van der Waals surface area contributed by atoms with Gasteiger partial charge in [0.05, 0.1) is 34.0 Å². The summed E-state index contributed by atoms with van der Waals surface area (Å²) >= 11 is 0. The minimum atomic E-state index is 0.608. The Hall–Kier alpha value is -6.91. The first-order valence-electron chi connectivity index (χ1n) is 17.2. The minimum absolute atomic E-state index is 0.608. The summed E-state index contributed by atoms with van der Waals surface area (Å²) in [7, 11) is 0. The molecule has 0 bridgehead atoms. The van der Waals surface area contributed by atoms with Crippen molar-refractivity contribution >= 4 is 39.0 Å². The maximum absolute atomic E-state index is 5.38. The van der Waals surface area contributed by atoms with Crippen molar-refractivity contribution < 1.29 is 0 Å². The van der Waals surface area contributed by atoms with E-state index in [1.165, 1.54) is 0 Å². The number of pyridine rings is 1. The lowest BCUT2D eigenvalue weighted by molar-refractivity contribution is 1.09. The van der Waals surface area contributed by atoms with Crippen LogP contribution in [0.2, 0.25) is 0 Å². The first-order valence-corrected chi connectivity index (χ1v) is 17.2. The van der Waals surface area contributed by atoms with Crippen molar-refractivity contribution in [3.63, 3.8) is 0 Å². The lowest BCUT2D eigenvalue weighted by Crippen LogP contribution is -2.18. The van der Waals surface area contributed by atoms with E-state index in [0.717, 1.165) is 89.1 Å². The Kier molecular flexibility index (Phi) is 6.78. The Bertz CT molecular complexity index is 2660. The Labute approximate surface area is 296 Å². The smallest absolute Gasteiger partial charge is 0.235 e. The summed E-state index contributed by atoms with van der Waals surface area (Å²) in [6.07, 6.45) is 0. The fourth-order valence-electron chi connectivity index (χ4n) is 7.39. The fourth-order valence-corrected chi connectivity index (χ4v) is 7.39. The zero-order valence-electron chi connectivity index (χ0n) is 27.6. The molecule has 0 aliphatic carbocycles. The van der Waals surface area contributed by atoms with Gasteiger partial charge in [-0.1, -0.05) is 146 Å². The lowest BCUT2D eigenvalue weighted by atomic mass is 9.93. The molecule has 7 aromatic carbocycles. The molecular formula is C47H30N4. The predicted molar refractivity (Wildman–Crippen MR) is 210 cm³/mol. The molecule has 0 unspecified atom stereocenters. The second-order valence-electron chi connectivity index (χ2n) is 12.9. The summed E-state index contributed by atoms with van der Waals surface area (Å²) in [5, 5.41) is 3.39. The second kappa shape index (κ2) is 11.9. The zero-order valence-corrected chi connectivity index (χ0v) is 27.6. The summed E-state index contributed by atoms with van der Waals surface area (Å²) < 4.78 is 0. The molecule has 4 nitrogen and oxygen atoms in total.